The number of aromatic nitrogens is 1. The van der Waals surface area contributed by atoms with Gasteiger partial charge in [0.05, 0.1) is 24.2 Å². The highest BCUT2D eigenvalue weighted by molar-refractivity contribution is 6.05. The van der Waals surface area contributed by atoms with E-state index in [1.54, 1.807) is 6.08 Å². The molecule has 0 N–H and O–H groups in total. The molecule has 0 radical (unpaired) electrons. The average Bonchev–Trinajstić information content (AvgIpc) is 2.52. The number of allylic oxidation sites excluding steroid dienone is 1. The molecule has 1 aromatic carbocycles. The zero-order valence-electron chi connectivity index (χ0n) is 12.9. The smallest absolute Gasteiger partial charge is 0.389 e. The number of hydrogen-bond acceptors (Lipinski definition) is 3. The molecule has 0 atom stereocenters. The Morgan fingerprint density at radius 2 is 1.96 bits per heavy atom. The fourth-order valence-electron chi connectivity index (χ4n) is 2.64. The van der Waals surface area contributed by atoms with Crippen LogP contribution in [0.15, 0.2) is 36.1 Å². The van der Waals surface area contributed by atoms with Crippen molar-refractivity contribution in [2.24, 2.45) is 0 Å². The molecule has 3 rings (SSSR count). The molecule has 1 aliphatic rings. The first kappa shape index (κ1) is 16.5. The number of halogens is 3. The SMILES string of the molecule is O=C1CC(OCCCCC(F)(F)F)=Cc2nc3ccccc3cc21. The topological polar surface area (TPSA) is 39.2 Å². The van der Waals surface area contributed by atoms with Crippen LogP contribution in [0.25, 0.3) is 17.0 Å². The van der Waals surface area contributed by atoms with Gasteiger partial charge < -0.3 is 4.74 Å². The summed E-state index contributed by atoms with van der Waals surface area (Å²) in [5, 5.41) is 0.898. The molecule has 0 fully saturated rings. The Bertz CT molecular complexity index is 796. The van der Waals surface area contributed by atoms with Crippen molar-refractivity contribution in [2.75, 3.05) is 6.61 Å². The van der Waals surface area contributed by atoms with Gasteiger partial charge in [-0.2, -0.15) is 13.2 Å². The number of nitrogens with zero attached hydrogens (tertiary/aromatic N) is 1. The summed E-state index contributed by atoms with van der Waals surface area (Å²) >= 11 is 0. The maximum atomic E-state index is 12.3. The highest BCUT2D eigenvalue weighted by Crippen LogP contribution is 2.27. The summed E-state index contributed by atoms with van der Waals surface area (Å²) in [6.45, 7) is 0.165. The van der Waals surface area contributed by atoms with E-state index in [2.05, 4.69) is 4.98 Å². The minimum atomic E-state index is -4.13. The van der Waals surface area contributed by atoms with E-state index in [9.17, 15) is 18.0 Å². The summed E-state index contributed by atoms with van der Waals surface area (Å²) in [7, 11) is 0. The molecule has 126 valence electrons. The van der Waals surface area contributed by atoms with E-state index in [0.29, 0.717) is 23.4 Å². The van der Waals surface area contributed by atoms with Crippen LogP contribution in [-0.2, 0) is 4.74 Å². The molecule has 0 spiro atoms. The number of fused-ring (bicyclic) bond motifs is 2. The fourth-order valence-corrected chi connectivity index (χ4v) is 2.64. The first-order valence-corrected chi connectivity index (χ1v) is 7.75. The number of hydrogen-bond donors (Lipinski definition) is 0. The number of carbonyl (C=O) groups excluding carboxylic acids is 1. The monoisotopic (exact) mass is 335 g/mol. The van der Waals surface area contributed by atoms with Gasteiger partial charge in [-0.1, -0.05) is 18.2 Å². The van der Waals surface area contributed by atoms with Gasteiger partial charge in [-0.25, -0.2) is 4.98 Å². The molecule has 0 aliphatic heterocycles. The lowest BCUT2D eigenvalue weighted by Gasteiger charge is -2.16. The maximum absolute atomic E-state index is 12.3. The van der Waals surface area contributed by atoms with Gasteiger partial charge in [-0.05, 0) is 25.0 Å². The molecular formula is C18H16F3NO2. The van der Waals surface area contributed by atoms with Crippen LogP contribution in [0, 0.1) is 0 Å². The van der Waals surface area contributed by atoms with Crippen LogP contribution < -0.4 is 0 Å². The number of ether oxygens (including phenoxy) is 1. The molecule has 0 amide bonds. The van der Waals surface area contributed by atoms with E-state index in [4.69, 9.17) is 4.74 Å². The Kier molecular flexibility index (Phi) is 4.55. The summed E-state index contributed by atoms with van der Waals surface area (Å²) in [4.78, 5) is 16.7. The van der Waals surface area contributed by atoms with E-state index >= 15 is 0 Å². The van der Waals surface area contributed by atoms with Crippen LogP contribution in [-0.4, -0.2) is 23.6 Å². The minimum Gasteiger partial charge on any atom is -0.497 e. The van der Waals surface area contributed by atoms with Crippen LogP contribution in [0.4, 0.5) is 13.2 Å². The molecular weight excluding hydrogens is 319 g/mol. The standard InChI is InChI=1S/C18H16F3NO2/c19-18(20,21)7-3-4-8-24-13-10-16-14(17(23)11-13)9-12-5-1-2-6-15(12)22-16/h1-2,5-6,9-10H,3-4,7-8,11H2. The van der Waals surface area contributed by atoms with Gasteiger partial charge in [0.2, 0.25) is 0 Å². The van der Waals surface area contributed by atoms with E-state index < -0.39 is 12.6 Å². The number of Topliss-reactive ketones (excluding diaryl/α,β-unsaturated/α-hetero) is 1. The lowest BCUT2D eigenvalue weighted by Crippen LogP contribution is -2.12. The maximum Gasteiger partial charge on any atom is 0.389 e. The number of ketones is 1. The molecule has 0 saturated carbocycles. The predicted octanol–water partition coefficient (Wildman–Crippen LogP) is 4.91. The van der Waals surface area contributed by atoms with Crippen LogP contribution in [0.1, 0.15) is 41.7 Å². The summed E-state index contributed by atoms with van der Waals surface area (Å²) in [5.41, 5.74) is 1.89. The van der Waals surface area contributed by atoms with Gasteiger partial charge in [-0.15, -0.1) is 0 Å². The number of unbranched alkanes of at least 4 members (excludes halogenated alkanes) is 1. The highest BCUT2D eigenvalue weighted by atomic mass is 19.4. The molecule has 3 nitrogen and oxygen atoms in total. The van der Waals surface area contributed by atoms with Crippen LogP contribution >= 0.6 is 0 Å². The second kappa shape index (κ2) is 6.63. The summed E-state index contributed by atoms with van der Waals surface area (Å²) in [5.74, 6) is 0.373. The molecule has 0 bridgehead atoms. The Morgan fingerprint density at radius 3 is 2.75 bits per heavy atom. The summed E-state index contributed by atoms with van der Waals surface area (Å²) < 4.78 is 41.7. The van der Waals surface area contributed by atoms with Gasteiger partial charge in [0.25, 0.3) is 0 Å². The third kappa shape index (κ3) is 3.93. The van der Waals surface area contributed by atoms with E-state index in [-0.39, 0.29) is 25.2 Å². The number of para-hydroxylation sites is 1. The zero-order chi connectivity index (χ0) is 17.2. The number of benzene rings is 1. The zero-order valence-corrected chi connectivity index (χ0v) is 12.9. The van der Waals surface area contributed by atoms with E-state index in [0.717, 1.165) is 10.9 Å². The van der Waals surface area contributed by atoms with Crippen molar-refractivity contribution in [1.82, 2.24) is 4.98 Å². The molecule has 1 aliphatic carbocycles. The normalized spacial score (nSPS) is 14.5. The third-order valence-corrected chi connectivity index (χ3v) is 3.83. The van der Waals surface area contributed by atoms with Crippen molar-refractivity contribution in [1.29, 1.82) is 0 Å². The lowest BCUT2D eigenvalue weighted by molar-refractivity contribution is -0.135. The van der Waals surface area contributed by atoms with Crippen molar-refractivity contribution < 1.29 is 22.7 Å². The van der Waals surface area contributed by atoms with Crippen molar-refractivity contribution in [3.8, 4) is 0 Å². The fraction of sp³-hybridized carbons (Fsp3) is 0.333. The van der Waals surface area contributed by atoms with Gasteiger partial charge >= 0.3 is 6.18 Å². The first-order valence-electron chi connectivity index (χ1n) is 7.75. The predicted molar refractivity (Wildman–Crippen MR) is 84.5 cm³/mol. The Morgan fingerprint density at radius 1 is 1.17 bits per heavy atom. The van der Waals surface area contributed by atoms with Crippen LogP contribution in [0.3, 0.4) is 0 Å². The average molecular weight is 335 g/mol. The van der Waals surface area contributed by atoms with Crippen molar-refractivity contribution in [3.63, 3.8) is 0 Å². The quantitative estimate of drug-likeness (QED) is 0.729. The van der Waals surface area contributed by atoms with E-state index in [1.807, 2.05) is 30.3 Å². The second-order valence-electron chi connectivity index (χ2n) is 5.75. The lowest BCUT2D eigenvalue weighted by atomic mass is 9.97. The number of carbonyl (C=O) groups is 1. The molecule has 1 aromatic heterocycles. The summed E-state index contributed by atoms with van der Waals surface area (Å²) in [6.07, 6.45) is -2.82. The summed E-state index contributed by atoms with van der Waals surface area (Å²) in [6, 6.07) is 9.33. The van der Waals surface area contributed by atoms with Crippen LogP contribution in [0.2, 0.25) is 0 Å². The van der Waals surface area contributed by atoms with Crippen LogP contribution in [0.5, 0.6) is 0 Å². The van der Waals surface area contributed by atoms with Gasteiger partial charge in [0.15, 0.2) is 5.78 Å². The molecule has 2 aromatic rings. The third-order valence-electron chi connectivity index (χ3n) is 3.83. The van der Waals surface area contributed by atoms with Gasteiger partial charge in [-0.3, -0.25) is 4.79 Å². The second-order valence-corrected chi connectivity index (χ2v) is 5.75. The number of rotatable bonds is 5. The molecule has 1 heterocycles. The molecule has 6 heteroatoms. The molecule has 24 heavy (non-hydrogen) atoms. The molecule has 0 unspecified atom stereocenters. The van der Waals surface area contributed by atoms with Gasteiger partial charge in [0, 0.05) is 23.4 Å². The van der Waals surface area contributed by atoms with Crippen molar-refractivity contribution in [3.05, 3.63) is 47.3 Å². The van der Waals surface area contributed by atoms with Crippen molar-refractivity contribution in [2.45, 2.75) is 31.9 Å². The minimum absolute atomic E-state index is 0.0181. The van der Waals surface area contributed by atoms with Crippen molar-refractivity contribution >= 4 is 22.8 Å². The first-order chi connectivity index (χ1) is 11.4. The molecule has 0 saturated heterocycles. The highest BCUT2D eigenvalue weighted by Gasteiger charge is 2.26. The Balaban J connectivity index is 1.67. The Labute approximate surface area is 137 Å². The van der Waals surface area contributed by atoms with Gasteiger partial charge in [0.1, 0.15) is 5.76 Å². The van der Waals surface area contributed by atoms with E-state index in [1.165, 1.54) is 0 Å². The number of alkyl halides is 3. The number of pyridine rings is 1. The Hall–Kier alpha value is -2.37. The largest absolute Gasteiger partial charge is 0.497 e.